The molecule has 0 bridgehead atoms. The molecule has 0 saturated carbocycles. The Labute approximate surface area is 180 Å². The third-order valence-corrected chi connectivity index (χ3v) is 7.64. The van der Waals surface area contributed by atoms with E-state index in [1.54, 1.807) is 0 Å². The van der Waals surface area contributed by atoms with Crippen molar-refractivity contribution in [1.29, 1.82) is 0 Å². The summed E-state index contributed by atoms with van der Waals surface area (Å²) in [7, 11) is 0. The number of halogens is 2. The molecule has 1 heterocycles. The number of anilines is 2. The average molecular weight is 466 g/mol. The fourth-order valence-corrected chi connectivity index (χ4v) is 5.62. The van der Waals surface area contributed by atoms with Crippen LogP contribution in [0.4, 0.5) is 15.8 Å². The number of aromatic hydroxyl groups is 1. The van der Waals surface area contributed by atoms with Gasteiger partial charge >= 0.3 is 0 Å². The summed E-state index contributed by atoms with van der Waals surface area (Å²) in [5, 5.41) is 10.2. The second kappa shape index (κ2) is 9.53. The summed E-state index contributed by atoms with van der Waals surface area (Å²) in [6, 6.07) is 10.6. The first-order valence-corrected chi connectivity index (χ1v) is 11.9. The van der Waals surface area contributed by atoms with Crippen molar-refractivity contribution in [3.8, 4) is 5.75 Å². The Bertz CT molecular complexity index is 788. The molecule has 1 N–H and O–H groups in total. The van der Waals surface area contributed by atoms with Crippen LogP contribution in [0.5, 0.6) is 5.75 Å². The Morgan fingerprint density at radius 1 is 1.11 bits per heavy atom. The molecule has 0 atom stereocenters. The van der Waals surface area contributed by atoms with E-state index in [0.717, 1.165) is 28.6 Å². The number of nitrogens with zero attached hydrogens (tertiary/aromatic N) is 1. The maximum atomic E-state index is 13.6. The highest BCUT2D eigenvalue weighted by atomic mass is 79.9. The van der Waals surface area contributed by atoms with Gasteiger partial charge in [0.05, 0.1) is 10.2 Å². The summed E-state index contributed by atoms with van der Waals surface area (Å²) >= 11 is 5.32. The minimum absolute atomic E-state index is 0.201. The first-order valence-electron chi connectivity index (χ1n) is 10.2. The van der Waals surface area contributed by atoms with Crippen molar-refractivity contribution < 1.29 is 9.50 Å². The van der Waals surface area contributed by atoms with Gasteiger partial charge < -0.3 is 10.0 Å². The maximum absolute atomic E-state index is 13.6. The fourth-order valence-electron chi connectivity index (χ4n) is 3.94. The normalized spacial score (nSPS) is 15.9. The van der Waals surface area contributed by atoms with Crippen LogP contribution >= 0.6 is 27.7 Å². The van der Waals surface area contributed by atoms with Gasteiger partial charge in [0.25, 0.3) is 0 Å². The number of rotatable bonds is 7. The molecule has 0 amide bonds. The molecule has 0 unspecified atom stereocenters. The highest BCUT2D eigenvalue weighted by molar-refractivity contribution is 9.10. The lowest BCUT2D eigenvalue weighted by molar-refractivity contribution is 0.274. The van der Waals surface area contributed by atoms with Gasteiger partial charge in [-0.3, -0.25) is 0 Å². The summed E-state index contributed by atoms with van der Waals surface area (Å²) in [6.45, 7) is 5.41. The molecular weight excluding hydrogens is 437 g/mol. The van der Waals surface area contributed by atoms with Crippen LogP contribution in [0.3, 0.4) is 0 Å². The largest absolute Gasteiger partial charge is 0.507 e. The predicted molar refractivity (Wildman–Crippen MR) is 121 cm³/mol. The van der Waals surface area contributed by atoms with Gasteiger partial charge in [0.2, 0.25) is 0 Å². The second-order valence-corrected chi connectivity index (χ2v) is 9.70. The topological polar surface area (TPSA) is 23.5 Å². The molecule has 3 rings (SSSR count). The quantitative estimate of drug-likeness (QED) is 0.449. The van der Waals surface area contributed by atoms with Crippen LogP contribution in [-0.4, -0.2) is 17.4 Å². The Morgan fingerprint density at radius 2 is 1.75 bits per heavy atom. The standard InChI is InChI=1S/C23H29BrFNOS/c1-3-5-11-23(12-6-4-2)15-26(18-9-7-17(25)8-10-18)20-13-19(24)21(27)14-22(20)28-16-23/h7-10,13-14,27H,3-6,11-12,15-16H2,1-2H3. The van der Waals surface area contributed by atoms with Crippen molar-refractivity contribution >= 4 is 39.1 Å². The van der Waals surface area contributed by atoms with Gasteiger partial charge in [-0.05, 0) is 70.6 Å². The van der Waals surface area contributed by atoms with Gasteiger partial charge in [0.15, 0.2) is 0 Å². The minimum atomic E-state index is -0.219. The molecule has 2 aromatic rings. The van der Waals surface area contributed by atoms with Crippen LogP contribution in [0.1, 0.15) is 52.4 Å². The van der Waals surface area contributed by atoms with Gasteiger partial charge in [-0.2, -0.15) is 0 Å². The molecular formula is C23H29BrFNOS. The number of hydrogen-bond acceptors (Lipinski definition) is 3. The summed E-state index contributed by atoms with van der Waals surface area (Å²) in [5.74, 6) is 1.09. The zero-order chi connectivity index (χ0) is 20.1. The second-order valence-electron chi connectivity index (χ2n) is 7.83. The molecule has 152 valence electrons. The summed E-state index contributed by atoms with van der Waals surface area (Å²) in [4.78, 5) is 3.41. The van der Waals surface area contributed by atoms with Gasteiger partial charge in [0.1, 0.15) is 11.6 Å². The van der Waals surface area contributed by atoms with Gasteiger partial charge in [0, 0.05) is 22.9 Å². The molecule has 0 radical (unpaired) electrons. The maximum Gasteiger partial charge on any atom is 0.131 e. The van der Waals surface area contributed by atoms with Gasteiger partial charge in [-0.25, -0.2) is 4.39 Å². The van der Waals surface area contributed by atoms with Crippen LogP contribution in [0.25, 0.3) is 0 Å². The number of fused-ring (bicyclic) bond motifs is 1. The zero-order valence-electron chi connectivity index (χ0n) is 16.7. The Kier molecular flexibility index (Phi) is 7.32. The van der Waals surface area contributed by atoms with E-state index >= 15 is 0 Å². The van der Waals surface area contributed by atoms with E-state index in [1.165, 1.54) is 50.7 Å². The van der Waals surface area contributed by atoms with Crippen LogP contribution in [0.15, 0.2) is 45.8 Å². The summed E-state index contributed by atoms with van der Waals surface area (Å²) in [5.41, 5.74) is 2.28. The number of unbranched alkanes of at least 4 members (excludes halogenated alkanes) is 2. The number of phenols is 1. The average Bonchev–Trinajstić information content (AvgIpc) is 2.84. The first-order chi connectivity index (χ1) is 13.5. The minimum Gasteiger partial charge on any atom is -0.507 e. The lowest BCUT2D eigenvalue weighted by Gasteiger charge is -2.37. The molecule has 0 fully saturated rings. The number of hydrogen-bond donors (Lipinski definition) is 1. The molecule has 0 aliphatic carbocycles. The van der Waals surface area contributed by atoms with Crippen LogP contribution in [0, 0.1) is 11.2 Å². The highest BCUT2D eigenvalue weighted by Gasteiger charge is 2.36. The number of thioether (sulfide) groups is 1. The lowest BCUT2D eigenvalue weighted by atomic mass is 9.79. The molecule has 2 aromatic carbocycles. The monoisotopic (exact) mass is 465 g/mol. The Morgan fingerprint density at radius 3 is 2.36 bits per heavy atom. The van der Waals surface area contributed by atoms with Crippen molar-refractivity contribution in [2.75, 3.05) is 17.2 Å². The first kappa shape index (κ1) is 21.5. The van der Waals surface area contributed by atoms with Crippen molar-refractivity contribution in [2.45, 2.75) is 57.3 Å². The summed E-state index contributed by atoms with van der Waals surface area (Å²) < 4.78 is 14.3. The molecule has 2 nitrogen and oxygen atoms in total. The van der Waals surface area contributed by atoms with E-state index in [-0.39, 0.29) is 17.0 Å². The van der Waals surface area contributed by atoms with Crippen molar-refractivity contribution in [3.05, 3.63) is 46.7 Å². The fraction of sp³-hybridized carbons (Fsp3) is 0.478. The van der Waals surface area contributed by atoms with E-state index in [1.807, 2.05) is 36.0 Å². The molecule has 0 saturated heterocycles. The smallest absolute Gasteiger partial charge is 0.131 e. The lowest BCUT2D eigenvalue weighted by Crippen LogP contribution is -2.36. The van der Waals surface area contributed by atoms with E-state index in [4.69, 9.17) is 0 Å². The van der Waals surface area contributed by atoms with Crippen molar-refractivity contribution in [2.24, 2.45) is 5.41 Å². The molecule has 28 heavy (non-hydrogen) atoms. The predicted octanol–water partition coefficient (Wildman–Crippen LogP) is 7.90. The van der Waals surface area contributed by atoms with Crippen molar-refractivity contribution in [3.63, 3.8) is 0 Å². The van der Waals surface area contributed by atoms with Crippen LogP contribution in [0.2, 0.25) is 0 Å². The van der Waals surface area contributed by atoms with Crippen LogP contribution in [-0.2, 0) is 0 Å². The molecule has 5 heteroatoms. The van der Waals surface area contributed by atoms with Crippen LogP contribution < -0.4 is 4.90 Å². The van der Waals surface area contributed by atoms with E-state index < -0.39 is 0 Å². The third kappa shape index (κ3) is 4.85. The Balaban J connectivity index is 2.07. The molecule has 0 aromatic heterocycles. The van der Waals surface area contributed by atoms with Gasteiger partial charge in [-0.15, -0.1) is 11.8 Å². The molecule has 1 aliphatic heterocycles. The zero-order valence-corrected chi connectivity index (χ0v) is 19.1. The Hall–Kier alpha value is -1.20. The molecule has 1 aliphatic rings. The van der Waals surface area contributed by atoms with E-state index in [9.17, 15) is 9.50 Å². The SMILES string of the molecule is CCCCC1(CCCC)CSc2cc(O)c(Br)cc2N(c2ccc(F)cc2)C1. The third-order valence-electron chi connectivity index (χ3n) is 5.61. The number of benzene rings is 2. The van der Waals surface area contributed by atoms with Crippen molar-refractivity contribution in [1.82, 2.24) is 0 Å². The summed E-state index contributed by atoms with van der Waals surface area (Å²) in [6.07, 6.45) is 7.19. The van der Waals surface area contributed by atoms with E-state index in [2.05, 4.69) is 34.7 Å². The molecule has 0 spiro atoms. The number of phenolic OH excluding ortho intramolecular Hbond substituents is 1. The van der Waals surface area contributed by atoms with Gasteiger partial charge in [-0.1, -0.05) is 39.5 Å². The highest BCUT2D eigenvalue weighted by Crippen LogP contribution is 2.49. The van der Waals surface area contributed by atoms with E-state index in [0.29, 0.717) is 4.47 Å².